The van der Waals surface area contributed by atoms with Gasteiger partial charge in [0.15, 0.2) is 0 Å². The molecule has 0 radical (unpaired) electrons. The van der Waals surface area contributed by atoms with Gasteiger partial charge in [-0.05, 0) is 36.8 Å². The summed E-state index contributed by atoms with van der Waals surface area (Å²) in [7, 11) is -3.71. The predicted molar refractivity (Wildman–Crippen MR) is 111 cm³/mol. The maximum Gasteiger partial charge on any atom is 0.260 e. The molecule has 0 bridgehead atoms. The third-order valence-corrected chi connectivity index (χ3v) is 5.41. The van der Waals surface area contributed by atoms with Crippen LogP contribution in [-0.2, 0) is 14.8 Å². The zero-order valence-corrected chi connectivity index (χ0v) is 17.5. The van der Waals surface area contributed by atoms with Crippen LogP contribution in [0.1, 0.15) is 11.1 Å². The van der Waals surface area contributed by atoms with E-state index in [0.717, 1.165) is 10.6 Å². The van der Waals surface area contributed by atoms with Crippen LogP contribution in [-0.4, -0.2) is 33.3 Å². The normalized spacial score (nSPS) is 11.6. The number of hydrogen-bond donors (Lipinski definition) is 1. The first kappa shape index (κ1) is 21.5. The quantitative estimate of drug-likeness (QED) is 0.538. The lowest BCUT2D eigenvalue weighted by Crippen LogP contribution is -2.39. The molecule has 0 saturated heterocycles. The number of anilines is 1. The summed E-state index contributed by atoms with van der Waals surface area (Å²) in [6, 6.07) is 9.61. The number of hydrazone groups is 1. The number of benzene rings is 2. The molecule has 1 amide bonds. The molecule has 0 spiro atoms. The lowest BCUT2D eigenvalue weighted by Gasteiger charge is -2.23. The van der Waals surface area contributed by atoms with Gasteiger partial charge in [-0.15, -0.1) is 0 Å². The molecule has 0 fully saturated rings. The summed E-state index contributed by atoms with van der Waals surface area (Å²) >= 11 is 17.8. The third-order valence-electron chi connectivity index (χ3n) is 3.48. The van der Waals surface area contributed by atoms with Crippen molar-refractivity contribution >= 4 is 62.6 Å². The largest absolute Gasteiger partial charge is 0.271 e. The standard InChI is InChI=1S/C17H16Cl3N3O3S/c1-11-3-5-14(19)8-16(11)23(27(2,25)26)10-17(24)22-21-9-12-4-6-13(18)7-15(12)20/h3-9H,10H2,1-2H3,(H,22,24)/b21-9-. The smallest absolute Gasteiger partial charge is 0.260 e. The number of sulfonamides is 1. The summed E-state index contributed by atoms with van der Waals surface area (Å²) in [6.07, 6.45) is 2.35. The van der Waals surface area contributed by atoms with Gasteiger partial charge in [0.25, 0.3) is 5.91 Å². The maximum atomic E-state index is 12.2. The van der Waals surface area contributed by atoms with Gasteiger partial charge in [0, 0.05) is 15.6 Å². The maximum absolute atomic E-state index is 12.2. The van der Waals surface area contributed by atoms with E-state index in [1.54, 1.807) is 37.3 Å². The van der Waals surface area contributed by atoms with Crippen LogP contribution in [0, 0.1) is 6.92 Å². The van der Waals surface area contributed by atoms with Crippen LogP contribution in [0.25, 0.3) is 0 Å². The number of halogens is 3. The molecule has 10 heteroatoms. The topological polar surface area (TPSA) is 78.8 Å². The van der Waals surface area contributed by atoms with E-state index in [1.807, 2.05) is 0 Å². The molecule has 0 unspecified atom stereocenters. The Labute approximate surface area is 172 Å². The highest BCUT2D eigenvalue weighted by atomic mass is 35.5. The van der Waals surface area contributed by atoms with Crippen molar-refractivity contribution < 1.29 is 13.2 Å². The third kappa shape index (κ3) is 6.10. The molecule has 0 aromatic heterocycles. The van der Waals surface area contributed by atoms with Crippen molar-refractivity contribution in [3.05, 3.63) is 62.6 Å². The molecule has 0 aliphatic heterocycles. The highest BCUT2D eigenvalue weighted by Gasteiger charge is 2.22. The number of rotatable bonds is 6. The molecule has 0 heterocycles. The van der Waals surface area contributed by atoms with Gasteiger partial charge in [0.1, 0.15) is 6.54 Å². The molecule has 1 N–H and O–H groups in total. The molecule has 0 aliphatic rings. The molecule has 0 aliphatic carbocycles. The van der Waals surface area contributed by atoms with Gasteiger partial charge >= 0.3 is 0 Å². The van der Waals surface area contributed by atoms with Gasteiger partial charge < -0.3 is 0 Å². The van der Waals surface area contributed by atoms with Crippen LogP contribution in [0.5, 0.6) is 0 Å². The van der Waals surface area contributed by atoms with E-state index in [2.05, 4.69) is 10.5 Å². The second-order valence-corrected chi connectivity index (χ2v) is 8.85. The average Bonchev–Trinajstić information content (AvgIpc) is 2.56. The Kier molecular flexibility index (Phi) is 7.11. The SMILES string of the molecule is Cc1ccc(Cl)cc1N(CC(=O)N/N=C\c1ccc(Cl)cc1Cl)S(C)(=O)=O. The number of carbonyl (C=O) groups is 1. The summed E-state index contributed by atoms with van der Waals surface area (Å²) in [6.45, 7) is 1.27. The summed E-state index contributed by atoms with van der Waals surface area (Å²) in [5, 5.41) is 5.00. The van der Waals surface area contributed by atoms with Crippen LogP contribution in [0.2, 0.25) is 15.1 Å². The van der Waals surface area contributed by atoms with Crippen molar-refractivity contribution in [1.82, 2.24) is 5.43 Å². The van der Waals surface area contributed by atoms with Crippen molar-refractivity contribution in [3.8, 4) is 0 Å². The number of carbonyl (C=O) groups excluding carboxylic acids is 1. The van der Waals surface area contributed by atoms with Gasteiger partial charge in [-0.3, -0.25) is 9.10 Å². The summed E-state index contributed by atoms with van der Waals surface area (Å²) in [5.41, 5.74) is 3.81. The average molecular weight is 449 g/mol. The first-order valence-corrected chi connectivity index (χ1v) is 10.6. The van der Waals surface area contributed by atoms with Gasteiger partial charge in [-0.2, -0.15) is 5.10 Å². The van der Waals surface area contributed by atoms with E-state index >= 15 is 0 Å². The van der Waals surface area contributed by atoms with Crippen molar-refractivity contribution in [1.29, 1.82) is 0 Å². The van der Waals surface area contributed by atoms with E-state index < -0.39 is 22.5 Å². The molecule has 2 aromatic carbocycles. The first-order chi connectivity index (χ1) is 12.6. The van der Waals surface area contributed by atoms with E-state index in [4.69, 9.17) is 34.8 Å². The fourth-order valence-electron chi connectivity index (χ4n) is 2.18. The van der Waals surface area contributed by atoms with Crippen LogP contribution in [0.4, 0.5) is 5.69 Å². The zero-order chi connectivity index (χ0) is 20.2. The molecule has 0 atom stereocenters. The van der Waals surface area contributed by atoms with Gasteiger partial charge in [0.2, 0.25) is 10.0 Å². The number of hydrogen-bond acceptors (Lipinski definition) is 4. The molecule has 2 rings (SSSR count). The van der Waals surface area contributed by atoms with Crippen LogP contribution in [0.15, 0.2) is 41.5 Å². The zero-order valence-electron chi connectivity index (χ0n) is 14.4. The van der Waals surface area contributed by atoms with Crippen LogP contribution >= 0.6 is 34.8 Å². The molecule has 6 nitrogen and oxygen atoms in total. The number of aryl methyl sites for hydroxylation is 1. The minimum Gasteiger partial charge on any atom is -0.271 e. The fraction of sp³-hybridized carbons (Fsp3) is 0.176. The molecule has 27 heavy (non-hydrogen) atoms. The van der Waals surface area contributed by atoms with E-state index in [0.29, 0.717) is 31.9 Å². The van der Waals surface area contributed by atoms with Crippen LogP contribution < -0.4 is 9.73 Å². The molecule has 144 valence electrons. The lowest BCUT2D eigenvalue weighted by atomic mass is 10.2. The monoisotopic (exact) mass is 447 g/mol. The Morgan fingerprint density at radius 3 is 2.41 bits per heavy atom. The van der Waals surface area contributed by atoms with E-state index in [-0.39, 0.29) is 0 Å². The first-order valence-electron chi connectivity index (χ1n) is 7.59. The predicted octanol–water partition coefficient (Wildman–Crippen LogP) is 3.87. The van der Waals surface area contributed by atoms with Crippen molar-refractivity contribution in [2.45, 2.75) is 6.92 Å². The Morgan fingerprint density at radius 1 is 1.15 bits per heavy atom. The van der Waals surface area contributed by atoms with Crippen molar-refractivity contribution in [2.75, 3.05) is 17.1 Å². The number of nitrogens with one attached hydrogen (secondary N) is 1. The lowest BCUT2D eigenvalue weighted by molar-refractivity contribution is -0.119. The number of nitrogens with zero attached hydrogens (tertiary/aromatic N) is 2. The van der Waals surface area contributed by atoms with Crippen LogP contribution in [0.3, 0.4) is 0 Å². The summed E-state index contributed by atoms with van der Waals surface area (Å²) in [5.74, 6) is -0.624. The second-order valence-electron chi connectivity index (χ2n) is 5.66. The minimum absolute atomic E-state index is 0.324. The van der Waals surface area contributed by atoms with E-state index in [9.17, 15) is 13.2 Å². The number of amides is 1. The molecule has 0 saturated carbocycles. The molecular formula is C17H16Cl3N3O3S. The Morgan fingerprint density at radius 2 is 1.78 bits per heavy atom. The Balaban J connectivity index is 2.15. The van der Waals surface area contributed by atoms with Crippen molar-refractivity contribution in [3.63, 3.8) is 0 Å². The summed E-state index contributed by atoms with van der Waals surface area (Å²) < 4.78 is 25.2. The van der Waals surface area contributed by atoms with Gasteiger partial charge in [-0.1, -0.05) is 46.9 Å². The van der Waals surface area contributed by atoms with Gasteiger partial charge in [-0.25, -0.2) is 13.8 Å². The minimum atomic E-state index is -3.71. The van der Waals surface area contributed by atoms with Gasteiger partial charge in [0.05, 0.1) is 23.2 Å². The fourth-order valence-corrected chi connectivity index (χ4v) is 3.71. The molecule has 2 aromatic rings. The van der Waals surface area contributed by atoms with E-state index in [1.165, 1.54) is 12.3 Å². The Hall–Kier alpha value is -1.80. The highest BCUT2D eigenvalue weighted by Crippen LogP contribution is 2.26. The molecular weight excluding hydrogens is 433 g/mol. The highest BCUT2D eigenvalue weighted by molar-refractivity contribution is 7.92. The summed E-state index contributed by atoms with van der Waals surface area (Å²) in [4.78, 5) is 12.2. The van der Waals surface area contributed by atoms with Crippen molar-refractivity contribution in [2.24, 2.45) is 5.10 Å². The Bertz CT molecular complexity index is 994. The second kappa shape index (κ2) is 8.93.